The topological polar surface area (TPSA) is 92.7 Å². The molecule has 4 aliphatic rings. The Labute approximate surface area is 183 Å². The minimum Gasteiger partial charge on any atom is -0.364 e. The fourth-order valence-electron chi connectivity index (χ4n) is 6.95. The van der Waals surface area contributed by atoms with Crippen molar-refractivity contribution in [2.75, 3.05) is 27.2 Å². The van der Waals surface area contributed by atoms with Gasteiger partial charge in [-0.3, -0.25) is 14.0 Å². The summed E-state index contributed by atoms with van der Waals surface area (Å²) in [7, 11) is 3.96. The molecule has 0 atom stereocenters. The van der Waals surface area contributed by atoms with E-state index in [1.165, 1.54) is 38.5 Å². The van der Waals surface area contributed by atoms with Gasteiger partial charge >= 0.3 is 0 Å². The first-order chi connectivity index (χ1) is 14.8. The second kappa shape index (κ2) is 7.62. The number of carbonyl (C=O) groups excluding carboxylic acids is 2. The number of hydrogen-bond donors (Lipinski definition) is 2. The second-order valence-electron chi connectivity index (χ2n) is 10.5. The Morgan fingerprint density at radius 3 is 2.39 bits per heavy atom. The van der Waals surface area contributed by atoms with Crippen LogP contribution in [0.3, 0.4) is 0 Å². The summed E-state index contributed by atoms with van der Waals surface area (Å²) in [4.78, 5) is 31.8. The van der Waals surface area contributed by atoms with Crippen LogP contribution in [0.25, 0.3) is 5.65 Å². The van der Waals surface area contributed by atoms with Gasteiger partial charge in [-0.1, -0.05) is 6.07 Å². The summed E-state index contributed by atoms with van der Waals surface area (Å²) in [5.41, 5.74) is 7.96. The van der Waals surface area contributed by atoms with E-state index in [2.05, 4.69) is 10.3 Å². The molecule has 4 aliphatic carbocycles. The van der Waals surface area contributed by atoms with Crippen LogP contribution in [0, 0.1) is 23.2 Å². The molecule has 4 fully saturated rings. The molecule has 3 N–H and O–H groups in total. The van der Waals surface area contributed by atoms with Gasteiger partial charge in [0.2, 0.25) is 0 Å². The maximum atomic E-state index is 13.3. The van der Waals surface area contributed by atoms with E-state index in [1.54, 1.807) is 0 Å². The molecule has 0 spiro atoms. The van der Waals surface area contributed by atoms with E-state index in [4.69, 9.17) is 5.73 Å². The van der Waals surface area contributed by atoms with Crippen molar-refractivity contribution in [1.29, 1.82) is 0 Å². The molecule has 7 nitrogen and oxygen atoms in total. The molecule has 7 heteroatoms. The fourth-order valence-corrected chi connectivity index (χ4v) is 6.95. The number of nitrogens with one attached hydrogen (secondary N) is 1. The van der Waals surface area contributed by atoms with Gasteiger partial charge in [-0.25, -0.2) is 4.98 Å². The number of primary amides is 1. The maximum absolute atomic E-state index is 13.3. The summed E-state index contributed by atoms with van der Waals surface area (Å²) < 4.78 is 1.82. The smallest absolute Gasteiger partial charge is 0.269 e. The molecule has 2 amide bonds. The SMILES string of the molecule is CN(C)CCc1c(C(N)=O)nc2cccc(C(=O)NCC34CC5CC(CC(C5)C3)C4)n12. The van der Waals surface area contributed by atoms with Crippen LogP contribution in [0.5, 0.6) is 0 Å². The molecular formula is C24H33N5O2. The van der Waals surface area contributed by atoms with Crippen molar-refractivity contribution >= 4 is 17.5 Å². The van der Waals surface area contributed by atoms with E-state index in [-0.39, 0.29) is 17.0 Å². The molecule has 4 bridgehead atoms. The van der Waals surface area contributed by atoms with Gasteiger partial charge in [-0.2, -0.15) is 0 Å². The number of fused-ring (bicyclic) bond motifs is 1. The minimum absolute atomic E-state index is 0.0964. The van der Waals surface area contributed by atoms with Crippen molar-refractivity contribution in [3.63, 3.8) is 0 Å². The lowest BCUT2D eigenvalue weighted by atomic mass is 9.49. The number of rotatable bonds is 7. The molecule has 2 heterocycles. The predicted octanol–water partition coefficient (Wildman–Crippen LogP) is 2.48. The Kier molecular flexibility index (Phi) is 5.04. The molecule has 0 aromatic carbocycles. The third kappa shape index (κ3) is 3.73. The highest BCUT2D eigenvalue weighted by molar-refractivity contribution is 5.96. The van der Waals surface area contributed by atoms with Crippen LogP contribution in [-0.4, -0.2) is 53.3 Å². The first-order valence-corrected chi connectivity index (χ1v) is 11.6. The highest BCUT2D eigenvalue weighted by Crippen LogP contribution is 2.59. The molecule has 166 valence electrons. The fraction of sp³-hybridized carbons (Fsp3) is 0.625. The third-order valence-corrected chi connectivity index (χ3v) is 7.79. The summed E-state index contributed by atoms with van der Waals surface area (Å²) in [6, 6.07) is 5.46. The van der Waals surface area contributed by atoms with Gasteiger partial charge in [0.1, 0.15) is 17.0 Å². The third-order valence-electron chi connectivity index (χ3n) is 7.79. The first-order valence-electron chi connectivity index (χ1n) is 11.6. The zero-order valence-corrected chi connectivity index (χ0v) is 18.6. The molecule has 2 aromatic heterocycles. The standard InChI is InChI=1S/C24H33N5O2/c1-28(2)7-6-18-21(22(25)30)27-20-5-3-4-19(29(18)20)23(31)26-14-24-11-15-8-16(12-24)10-17(9-15)13-24/h3-5,15-17H,6-14H2,1-2H3,(H2,25,30)(H,26,31). The van der Waals surface area contributed by atoms with Crippen LogP contribution in [0.2, 0.25) is 0 Å². The van der Waals surface area contributed by atoms with Crippen LogP contribution >= 0.6 is 0 Å². The molecular weight excluding hydrogens is 390 g/mol. The van der Waals surface area contributed by atoms with Crippen molar-refractivity contribution < 1.29 is 9.59 Å². The largest absolute Gasteiger partial charge is 0.364 e. The Morgan fingerprint density at radius 2 is 1.81 bits per heavy atom. The number of nitrogens with two attached hydrogens (primary N) is 1. The number of pyridine rings is 1. The summed E-state index contributed by atoms with van der Waals surface area (Å²) in [6.45, 7) is 1.48. The number of carbonyl (C=O) groups is 2. The van der Waals surface area contributed by atoms with Gasteiger partial charge < -0.3 is 16.0 Å². The van der Waals surface area contributed by atoms with E-state index in [9.17, 15) is 9.59 Å². The summed E-state index contributed by atoms with van der Waals surface area (Å²) in [5.74, 6) is 1.92. The lowest BCUT2D eigenvalue weighted by Crippen LogP contribution is -2.51. The average molecular weight is 424 g/mol. The predicted molar refractivity (Wildman–Crippen MR) is 119 cm³/mol. The molecule has 0 saturated heterocycles. The number of imidazole rings is 1. The van der Waals surface area contributed by atoms with Gasteiger partial charge in [0.05, 0.1) is 5.69 Å². The normalized spacial score (nSPS) is 29.1. The number of aromatic nitrogens is 2. The summed E-state index contributed by atoms with van der Waals surface area (Å²) in [5, 5.41) is 3.26. The number of nitrogens with zero attached hydrogens (tertiary/aromatic N) is 3. The monoisotopic (exact) mass is 423 g/mol. The van der Waals surface area contributed by atoms with Crippen molar-refractivity contribution in [3.8, 4) is 0 Å². The van der Waals surface area contributed by atoms with Crippen LogP contribution in [0.4, 0.5) is 0 Å². The Morgan fingerprint density at radius 1 is 1.16 bits per heavy atom. The lowest BCUT2D eigenvalue weighted by Gasteiger charge is -2.56. The lowest BCUT2D eigenvalue weighted by molar-refractivity contribution is -0.0503. The zero-order valence-electron chi connectivity index (χ0n) is 18.6. The minimum atomic E-state index is -0.558. The molecule has 0 aliphatic heterocycles. The van der Waals surface area contributed by atoms with Crippen molar-refractivity contribution in [2.45, 2.75) is 44.9 Å². The van der Waals surface area contributed by atoms with E-state index in [1.807, 2.05) is 41.6 Å². The molecule has 0 unspecified atom stereocenters. The summed E-state index contributed by atoms with van der Waals surface area (Å²) >= 11 is 0. The number of likely N-dealkylation sites (N-methyl/N-ethyl adjacent to an activating group) is 1. The number of amides is 2. The van der Waals surface area contributed by atoms with Crippen molar-refractivity contribution in [1.82, 2.24) is 19.6 Å². The Balaban J connectivity index is 1.41. The molecule has 2 aromatic rings. The quantitative estimate of drug-likeness (QED) is 0.716. The molecule has 4 saturated carbocycles. The van der Waals surface area contributed by atoms with Gasteiger partial charge in [-0.05, 0) is 87.9 Å². The van der Waals surface area contributed by atoms with E-state index < -0.39 is 5.91 Å². The molecule has 0 radical (unpaired) electrons. The second-order valence-corrected chi connectivity index (χ2v) is 10.5. The van der Waals surface area contributed by atoms with Crippen LogP contribution in [0.1, 0.15) is 65.2 Å². The average Bonchev–Trinajstić information content (AvgIpc) is 3.08. The van der Waals surface area contributed by atoms with Crippen LogP contribution < -0.4 is 11.1 Å². The van der Waals surface area contributed by atoms with E-state index >= 15 is 0 Å². The van der Waals surface area contributed by atoms with Gasteiger partial charge in [0.15, 0.2) is 0 Å². The summed E-state index contributed by atoms with van der Waals surface area (Å²) in [6.07, 6.45) is 8.55. The van der Waals surface area contributed by atoms with Crippen molar-refractivity contribution in [3.05, 3.63) is 35.3 Å². The van der Waals surface area contributed by atoms with Gasteiger partial charge in [-0.15, -0.1) is 0 Å². The maximum Gasteiger partial charge on any atom is 0.269 e. The van der Waals surface area contributed by atoms with Crippen molar-refractivity contribution in [2.24, 2.45) is 28.9 Å². The van der Waals surface area contributed by atoms with E-state index in [0.717, 1.165) is 30.8 Å². The highest BCUT2D eigenvalue weighted by Gasteiger charge is 2.50. The van der Waals surface area contributed by atoms with Gasteiger partial charge in [0, 0.05) is 19.5 Å². The molecule has 6 rings (SSSR count). The Hall–Kier alpha value is -2.41. The van der Waals surface area contributed by atoms with Crippen LogP contribution in [-0.2, 0) is 6.42 Å². The zero-order chi connectivity index (χ0) is 21.8. The first kappa shape index (κ1) is 20.5. The van der Waals surface area contributed by atoms with Crippen LogP contribution in [0.15, 0.2) is 18.2 Å². The van der Waals surface area contributed by atoms with Gasteiger partial charge in [0.25, 0.3) is 11.8 Å². The molecule has 31 heavy (non-hydrogen) atoms. The number of hydrogen-bond acceptors (Lipinski definition) is 4. The Bertz CT molecular complexity index is 989. The van der Waals surface area contributed by atoms with E-state index in [0.29, 0.717) is 23.5 Å². The highest BCUT2D eigenvalue weighted by atomic mass is 16.2.